The van der Waals surface area contributed by atoms with Crippen molar-refractivity contribution in [2.45, 2.75) is 6.92 Å². The van der Waals surface area contributed by atoms with E-state index >= 15 is 0 Å². The van der Waals surface area contributed by atoms with E-state index in [0.717, 1.165) is 38.4 Å². The topological polar surface area (TPSA) is 118 Å². The van der Waals surface area contributed by atoms with E-state index in [2.05, 4.69) is 25.4 Å². The third kappa shape index (κ3) is 5.80. The van der Waals surface area contributed by atoms with Gasteiger partial charge in [0, 0.05) is 31.3 Å². The molecule has 9 nitrogen and oxygen atoms in total. The molecule has 1 fully saturated rings. The predicted octanol–water partition coefficient (Wildman–Crippen LogP) is 1.23. The van der Waals surface area contributed by atoms with Crippen LogP contribution in [0.4, 0.5) is 11.6 Å². The van der Waals surface area contributed by atoms with Crippen molar-refractivity contribution in [3.8, 4) is 11.8 Å². The van der Waals surface area contributed by atoms with Crippen LogP contribution in [0.5, 0.6) is 11.8 Å². The maximum absolute atomic E-state index is 9.83. The lowest BCUT2D eigenvalue weighted by Crippen LogP contribution is -2.38. The smallest absolute Gasteiger partial charge is 0.320 e. The SMILES string of the molecule is Cc1ccc(O)c(C=NNc2cc(N)nc(OCCN3CCOCC3)n2)c1. The largest absolute Gasteiger partial charge is 0.507 e. The Hall–Kier alpha value is -2.91. The molecule has 0 atom stereocenters. The minimum Gasteiger partial charge on any atom is -0.507 e. The summed E-state index contributed by atoms with van der Waals surface area (Å²) in [5, 5.41) is 13.9. The maximum Gasteiger partial charge on any atom is 0.320 e. The fourth-order valence-electron chi connectivity index (χ4n) is 2.60. The van der Waals surface area contributed by atoms with Gasteiger partial charge in [-0.3, -0.25) is 10.3 Å². The van der Waals surface area contributed by atoms with Crippen LogP contribution >= 0.6 is 0 Å². The number of phenols is 1. The number of benzene rings is 1. The van der Waals surface area contributed by atoms with E-state index in [9.17, 15) is 5.11 Å². The van der Waals surface area contributed by atoms with Gasteiger partial charge in [0.25, 0.3) is 0 Å². The van der Waals surface area contributed by atoms with Crippen LogP contribution in [0.2, 0.25) is 0 Å². The number of nitrogens with two attached hydrogens (primary N) is 1. The molecule has 0 radical (unpaired) electrons. The molecular weight excluding hydrogens is 348 g/mol. The first-order valence-corrected chi connectivity index (χ1v) is 8.76. The van der Waals surface area contributed by atoms with E-state index in [1.165, 1.54) is 6.21 Å². The van der Waals surface area contributed by atoms with Gasteiger partial charge in [0.1, 0.15) is 18.2 Å². The summed E-state index contributed by atoms with van der Waals surface area (Å²) < 4.78 is 10.9. The van der Waals surface area contributed by atoms with Crippen LogP contribution in [0.15, 0.2) is 29.4 Å². The van der Waals surface area contributed by atoms with Gasteiger partial charge in [0.2, 0.25) is 0 Å². The molecule has 0 saturated carbocycles. The van der Waals surface area contributed by atoms with Crippen molar-refractivity contribution < 1.29 is 14.6 Å². The Morgan fingerprint density at radius 1 is 1.33 bits per heavy atom. The quantitative estimate of drug-likeness (QED) is 0.491. The molecule has 0 amide bonds. The summed E-state index contributed by atoms with van der Waals surface area (Å²) in [5.41, 5.74) is 10.2. The third-order valence-corrected chi connectivity index (χ3v) is 4.03. The number of hydrazone groups is 1. The second kappa shape index (κ2) is 9.15. The van der Waals surface area contributed by atoms with Crippen molar-refractivity contribution in [3.05, 3.63) is 35.4 Å². The number of aromatic nitrogens is 2. The second-order valence-corrected chi connectivity index (χ2v) is 6.20. The molecule has 1 aromatic carbocycles. The number of hydrogen-bond donors (Lipinski definition) is 3. The first-order valence-electron chi connectivity index (χ1n) is 8.76. The van der Waals surface area contributed by atoms with Crippen molar-refractivity contribution in [1.82, 2.24) is 14.9 Å². The van der Waals surface area contributed by atoms with Gasteiger partial charge in [0.15, 0.2) is 5.82 Å². The monoisotopic (exact) mass is 372 g/mol. The van der Waals surface area contributed by atoms with E-state index < -0.39 is 0 Å². The molecule has 4 N–H and O–H groups in total. The van der Waals surface area contributed by atoms with Crippen LogP contribution in [0.25, 0.3) is 0 Å². The fourth-order valence-corrected chi connectivity index (χ4v) is 2.60. The lowest BCUT2D eigenvalue weighted by atomic mass is 10.1. The van der Waals surface area contributed by atoms with Gasteiger partial charge in [-0.25, -0.2) is 0 Å². The van der Waals surface area contributed by atoms with Crippen molar-refractivity contribution in [2.75, 3.05) is 50.6 Å². The molecule has 2 heterocycles. The van der Waals surface area contributed by atoms with E-state index in [-0.39, 0.29) is 17.6 Å². The molecule has 144 valence electrons. The normalized spacial score (nSPS) is 15.1. The van der Waals surface area contributed by atoms with E-state index in [4.69, 9.17) is 15.2 Å². The zero-order chi connectivity index (χ0) is 19.1. The standard InChI is InChI=1S/C18H24N6O3/c1-13-2-3-15(25)14(10-13)12-20-23-17-11-16(19)21-18(22-17)27-9-6-24-4-7-26-8-5-24/h2-3,10-12,25H,4-9H2,1H3,(H3,19,21,22,23). The fraction of sp³-hybridized carbons (Fsp3) is 0.389. The molecule has 0 unspecified atom stereocenters. The van der Waals surface area contributed by atoms with E-state index in [0.29, 0.717) is 18.0 Å². The highest BCUT2D eigenvalue weighted by Gasteiger charge is 2.10. The van der Waals surface area contributed by atoms with E-state index in [1.54, 1.807) is 12.1 Å². The van der Waals surface area contributed by atoms with Crippen LogP contribution in [-0.2, 0) is 4.74 Å². The summed E-state index contributed by atoms with van der Waals surface area (Å²) >= 11 is 0. The molecule has 1 aliphatic rings. The Kier molecular flexibility index (Phi) is 6.39. The van der Waals surface area contributed by atoms with Gasteiger partial charge in [-0.05, 0) is 19.1 Å². The number of nitrogens with one attached hydrogen (secondary N) is 1. The Labute approximate surface area is 157 Å². The summed E-state index contributed by atoms with van der Waals surface area (Å²) in [4.78, 5) is 10.6. The van der Waals surface area contributed by atoms with Crippen LogP contribution in [0.3, 0.4) is 0 Å². The number of anilines is 2. The molecular formula is C18H24N6O3. The molecule has 3 rings (SSSR count). The number of aryl methyl sites for hydroxylation is 1. The summed E-state index contributed by atoms with van der Waals surface area (Å²) in [5.74, 6) is 0.843. The van der Waals surface area contributed by atoms with Crippen LogP contribution in [0, 0.1) is 6.92 Å². The molecule has 0 bridgehead atoms. The number of nitrogen functional groups attached to an aromatic ring is 1. The molecule has 0 spiro atoms. The molecule has 0 aliphatic carbocycles. The highest BCUT2D eigenvalue weighted by molar-refractivity contribution is 5.84. The molecule has 1 saturated heterocycles. The van der Waals surface area contributed by atoms with Crippen molar-refractivity contribution in [1.29, 1.82) is 0 Å². The minimum atomic E-state index is 0.153. The van der Waals surface area contributed by atoms with Crippen LogP contribution in [0.1, 0.15) is 11.1 Å². The van der Waals surface area contributed by atoms with Crippen molar-refractivity contribution in [2.24, 2.45) is 5.10 Å². The number of nitrogens with zero attached hydrogens (tertiary/aromatic N) is 4. The minimum absolute atomic E-state index is 0.153. The Morgan fingerprint density at radius 3 is 2.96 bits per heavy atom. The Bertz CT molecular complexity index is 793. The number of aromatic hydroxyl groups is 1. The molecule has 1 aromatic heterocycles. The molecule has 1 aliphatic heterocycles. The highest BCUT2D eigenvalue weighted by Crippen LogP contribution is 2.17. The van der Waals surface area contributed by atoms with Gasteiger partial charge in [-0.15, -0.1) is 0 Å². The Balaban J connectivity index is 1.56. The molecule has 27 heavy (non-hydrogen) atoms. The van der Waals surface area contributed by atoms with Gasteiger partial charge < -0.3 is 20.3 Å². The number of phenolic OH excluding ortho intramolecular Hbond substituents is 1. The predicted molar refractivity (Wildman–Crippen MR) is 103 cm³/mol. The number of ether oxygens (including phenoxy) is 2. The number of morpholine rings is 1. The average molecular weight is 372 g/mol. The summed E-state index contributed by atoms with van der Waals surface area (Å²) in [6, 6.07) is 7.03. The zero-order valence-electron chi connectivity index (χ0n) is 15.3. The second-order valence-electron chi connectivity index (χ2n) is 6.20. The van der Waals surface area contributed by atoms with Gasteiger partial charge in [0.05, 0.1) is 19.4 Å². The first kappa shape index (κ1) is 18.9. The maximum atomic E-state index is 9.83. The Morgan fingerprint density at radius 2 is 2.15 bits per heavy atom. The number of hydrogen-bond acceptors (Lipinski definition) is 9. The van der Waals surface area contributed by atoms with Crippen LogP contribution in [-0.4, -0.2) is 65.6 Å². The third-order valence-electron chi connectivity index (χ3n) is 4.03. The van der Waals surface area contributed by atoms with Crippen molar-refractivity contribution in [3.63, 3.8) is 0 Å². The summed E-state index contributed by atoms with van der Waals surface area (Å²) in [6.07, 6.45) is 1.51. The number of rotatable bonds is 7. The van der Waals surface area contributed by atoms with Crippen LogP contribution < -0.4 is 15.9 Å². The van der Waals surface area contributed by atoms with Gasteiger partial charge >= 0.3 is 6.01 Å². The lowest BCUT2D eigenvalue weighted by molar-refractivity contribution is 0.0317. The highest BCUT2D eigenvalue weighted by atomic mass is 16.5. The molecule has 9 heteroatoms. The summed E-state index contributed by atoms with van der Waals surface area (Å²) in [7, 11) is 0. The lowest BCUT2D eigenvalue weighted by Gasteiger charge is -2.26. The van der Waals surface area contributed by atoms with Gasteiger partial charge in [-0.2, -0.15) is 15.1 Å². The zero-order valence-corrected chi connectivity index (χ0v) is 15.3. The first-order chi connectivity index (χ1) is 13.1. The summed E-state index contributed by atoms with van der Waals surface area (Å²) in [6.45, 7) is 6.46. The van der Waals surface area contributed by atoms with Crippen molar-refractivity contribution >= 4 is 17.9 Å². The van der Waals surface area contributed by atoms with Gasteiger partial charge in [-0.1, -0.05) is 11.6 Å². The van der Waals surface area contributed by atoms with E-state index in [1.807, 2.05) is 19.1 Å². The average Bonchev–Trinajstić information content (AvgIpc) is 2.65. The molecule has 2 aromatic rings.